The number of likely N-dealkylation sites (tertiary alicyclic amines) is 1. The van der Waals surface area contributed by atoms with Crippen molar-refractivity contribution in [3.63, 3.8) is 0 Å². The molecule has 1 fully saturated rings. The van der Waals surface area contributed by atoms with Crippen molar-refractivity contribution in [2.75, 3.05) is 6.54 Å². The van der Waals surface area contributed by atoms with E-state index in [9.17, 15) is 4.79 Å². The summed E-state index contributed by atoms with van der Waals surface area (Å²) in [5.41, 5.74) is 2.51. The van der Waals surface area contributed by atoms with Gasteiger partial charge in [-0.3, -0.25) is 9.48 Å². The summed E-state index contributed by atoms with van der Waals surface area (Å²) >= 11 is 6.26. The van der Waals surface area contributed by atoms with E-state index < -0.39 is 0 Å². The first kappa shape index (κ1) is 19.7. The Morgan fingerprint density at radius 2 is 2.14 bits per heavy atom. The van der Waals surface area contributed by atoms with Crippen molar-refractivity contribution >= 4 is 17.5 Å². The smallest absolute Gasteiger partial charge is 0.272 e. The van der Waals surface area contributed by atoms with Crippen molar-refractivity contribution in [1.29, 1.82) is 0 Å². The predicted octanol–water partition coefficient (Wildman–Crippen LogP) is 4.75. The second kappa shape index (κ2) is 8.03. The van der Waals surface area contributed by atoms with Gasteiger partial charge in [-0.25, -0.2) is 4.98 Å². The molecule has 0 aliphatic carbocycles. The van der Waals surface area contributed by atoms with Crippen LogP contribution in [0, 0.1) is 0 Å². The lowest BCUT2D eigenvalue weighted by molar-refractivity contribution is 0.0703. The Morgan fingerprint density at radius 1 is 1.34 bits per heavy atom. The number of aryl methyl sites for hydroxylation is 1. The molecule has 0 N–H and O–H groups in total. The lowest BCUT2D eigenvalue weighted by atomic mass is 10.1. The molecule has 1 aliphatic rings. The van der Waals surface area contributed by atoms with E-state index in [1.165, 1.54) is 0 Å². The molecule has 1 aliphatic heterocycles. The standard InChI is InChI=1S/C22H25ClN4O2/c1-14(2)18-12-20(26(3)25-18)22(28)27-10-6-9-19(27)21-24-13-16(29-21)11-15-7-4-5-8-17(15)23/h4-5,7-8,12-14,19H,6,9-11H2,1-3H3/t19-/m1/s1. The van der Waals surface area contributed by atoms with Gasteiger partial charge in [-0.05, 0) is 36.5 Å². The van der Waals surface area contributed by atoms with E-state index in [0.717, 1.165) is 29.9 Å². The van der Waals surface area contributed by atoms with Crippen molar-refractivity contribution < 1.29 is 9.21 Å². The van der Waals surface area contributed by atoms with Gasteiger partial charge in [0, 0.05) is 25.0 Å². The minimum Gasteiger partial charge on any atom is -0.443 e. The lowest BCUT2D eigenvalue weighted by Gasteiger charge is -2.22. The first-order valence-electron chi connectivity index (χ1n) is 9.97. The highest BCUT2D eigenvalue weighted by molar-refractivity contribution is 6.31. The van der Waals surface area contributed by atoms with Crippen molar-refractivity contribution in [3.8, 4) is 0 Å². The van der Waals surface area contributed by atoms with Crippen molar-refractivity contribution in [2.24, 2.45) is 7.05 Å². The highest BCUT2D eigenvalue weighted by Crippen LogP contribution is 2.33. The van der Waals surface area contributed by atoms with Crippen LogP contribution in [0.2, 0.25) is 5.02 Å². The number of carbonyl (C=O) groups is 1. The van der Waals surface area contributed by atoms with Crippen molar-refractivity contribution in [3.05, 3.63) is 70.2 Å². The molecule has 0 saturated carbocycles. The summed E-state index contributed by atoms with van der Waals surface area (Å²) in [6.45, 7) is 4.83. The normalized spacial score (nSPS) is 16.7. The van der Waals surface area contributed by atoms with Gasteiger partial charge in [-0.15, -0.1) is 0 Å². The number of carbonyl (C=O) groups excluding carboxylic acids is 1. The summed E-state index contributed by atoms with van der Waals surface area (Å²) in [5.74, 6) is 1.58. The zero-order chi connectivity index (χ0) is 20.5. The molecule has 2 aromatic heterocycles. The lowest BCUT2D eigenvalue weighted by Crippen LogP contribution is -2.32. The summed E-state index contributed by atoms with van der Waals surface area (Å²) in [4.78, 5) is 19.5. The Morgan fingerprint density at radius 3 is 2.86 bits per heavy atom. The Hall–Kier alpha value is -2.60. The molecule has 1 saturated heterocycles. The Balaban J connectivity index is 1.54. The van der Waals surface area contributed by atoms with Crippen LogP contribution in [0.15, 0.2) is 40.9 Å². The minimum atomic E-state index is -0.153. The van der Waals surface area contributed by atoms with Gasteiger partial charge in [0.05, 0.1) is 11.9 Å². The molecule has 3 heterocycles. The summed E-state index contributed by atoms with van der Waals surface area (Å²) < 4.78 is 7.70. The fourth-order valence-electron chi connectivity index (χ4n) is 3.77. The molecular formula is C22H25ClN4O2. The fraction of sp³-hybridized carbons (Fsp3) is 0.409. The molecule has 1 amide bonds. The zero-order valence-corrected chi connectivity index (χ0v) is 17.7. The third kappa shape index (κ3) is 3.94. The van der Waals surface area contributed by atoms with Crippen LogP contribution < -0.4 is 0 Å². The summed E-state index contributed by atoms with van der Waals surface area (Å²) in [6.07, 6.45) is 4.08. The average molecular weight is 413 g/mol. The number of rotatable bonds is 5. The SMILES string of the molecule is CC(C)c1cc(C(=O)N2CCC[C@@H]2c2ncc(Cc3ccccc3Cl)o2)n(C)n1. The van der Waals surface area contributed by atoms with Crippen LogP contribution in [0.5, 0.6) is 0 Å². The van der Waals surface area contributed by atoms with E-state index in [2.05, 4.69) is 23.9 Å². The molecule has 1 atom stereocenters. The highest BCUT2D eigenvalue weighted by Gasteiger charge is 2.35. The molecule has 0 radical (unpaired) electrons. The predicted molar refractivity (Wildman–Crippen MR) is 111 cm³/mol. The van der Waals surface area contributed by atoms with Gasteiger partial charge in [0.15, 0.2) is 0 Å². The second-order valence-corrected chi connectivity index (χ2v) is 8.23. The van der Waals surface area contributed by atoms with Gasteiger partial charge >= 0.3 is 0 Å². The maximum atomic E-state index is 13.2. The van der Waals surface area contributed by atoms with Gasteiger partial charge in [-0.1, -0.05) is 43.6 Å². The third-order valence-corrected chi connectivity index (χ3v) is 5.77. The maximum Gasteiger partial charge on any atom is 0.272 e. The van der Waals surface area contributed by atoms with Gasteiger partial charge in [0.2, 0.25) is 5.89 Å². The largest absolute Gasteiger partial charge is 0.443 e. The van der Waals surface area contributed by atoms with Crippen LogP contribution in [0.4, 0.5) is 0 Å². The number of amides is 1. The summed E-state index contributed by atoms with van der Waals surface area (Å²) in [6, 6.07) is 9.44. The number of oxazole rings is 1. The van der Waals surface area contributed by atoms with Gasteiger partial charge in [0.1, 0.15) is 17.5 Å². The van der Waals surface area contributed by atoms with Crippen molar-refractivity contribution in [2.45, 2.75) is 45.1 Å². The molecule has 29 heavy (non-hydrogen) atoms. The van der Waals surface area contributed by atoms with Crippen LogP contribution in [0.25, 0.3) is 0 Å². The van der Waals surface area contributed by atoms with Gasteiger partial charge in [-0.2, -0.15) is 5.10 Å². The first-order chi connectivity index (χ1) is 13.9. The molecule has 0 spiro atoms. The molecule has 0 bridgehead atoms. The molecule has 0 unspecified atom stereocenters. The number of benzene rings is 1. The average Bonchev–Trinajstić information content (AvgIpc) is 3.42. The van der Waals surface area contributed by atoms with Gasteiger partial charge < -0.3 is 9.32 Å². The highest BCUT2D eigenvalue weighted by atomic mass is 35.5. The molecule has 4 rings (SSSR count). The first-order valence-corrected chi connectivity index (χ1v) is 10.3. The molecule has 3 aromatic rings. The van der Waals surface area contributed by atoms with E-state index in [4.69, 9.17) is 16.0 Å². The number of aromatic nitrogens is 3. The van der Waals surface area contributed by atoms with Crippen LogP contribution in [0.1, 0.15) is 72.0 Å². The topological polar surface area (TPSA) is 64.2 Å². The van der Waals surface area contributed by atoms with E-state index >= 15 is 0 Å². The van der Waals surface area contributed by atoms with E-state index in [-0.39, 0.29) is 17.9 Å². The molecule has 7 heteroatoms. The number of hydrogen-bond donors (Lipinski definition) is 0. The Bertz CT molecular complexity index is 1020. The molecule has 6 nitrogen and oxygen atoms in total. The van der Waals surface area contributed by atoms with Gasteiger partial charge in [0.25, 0.3) is 5.91 Å². The summed E-state index contributed by atoms with van der Waals surface area (Å²) in [7, 11) is 1.82. The molecule has 1 aromatic carbocycles. The van der Waals surface area contributed by atoms with Crippen LogP contribution in [0.3, 0.4) is 0 Å². The van der Waals surface area contributed by atoms with Crippen LogP contribution >= 0.6 is 11.6 Å². The number of nitrogens with zero attached hydrogens (tertiary/aromatic N) is 4. The summed E-state index contributed by atoms with van der Waals surface area (Å²) in [5, 5.41) is 5.19. The number of halogens is 1. The second-order valence-electron chi connectivity index (χ2n) is 7.82. The maximum absolute atomic E-state index is 13.2. The van der Waals surface area contributed by atoms with E-state index in [1.807, 2.05) is 42.3 Å². The minimum absolute atomic E-state index is 0.0275. The number of hydrogen-bond acceptors (Lipinski definition) is 4. The molecule has 152 valence electrons. The monoisotopic (exact) mass is 412 g/mol. The van der Waals surface area contributed by atoms with E-state index in [1.54, 1.807) is 10.9 Å². The van der Waals surface area contributed by atoms with Crippen LogP contribution in [-0.2, 0) is 13.5 Å². The molecular weight excluding hydrogens is 388 g/mol. The van der Waals surface area contributed by atoms with Crippen molar-refractivity contribution in [1.82, 2.24) is 19.7 Å². The Kier molecular flexibility index (Phi) is 5.46. The third-order valence-electron chi connectivity index (χ3n) is 5.40. The fourth-order valence-corrected chi connectivity index (χ4v) is 3.98. The quantitative estimate of drug-likeness (QED) is 0.606. The Labute approximate surface area is 175 Å². The van der Waals surface area contributed by atoms with E-state index in [0.29, 0.717) is 29.6 Å². The zero-order valence-electron chi connectivity index (χ0n) is 16.9. The van der Waals surface area contributed by atoms with Crippen LogP contribution in [-0.4, -0.2) is 32.1 Å².